The van der Waals surface area contributed by atoms with E-state index in [0.29, 0.717) is 12.1 Å². The third kappa shape index (κ3) is 2.74. The molecule has 20 heavy (non-hydrogen) atoms. The van der Waals surface area contributed by atoms with Gasteiger partial charge in [-0.2, -0.15) is 0 Å². The summed E-state index contributed by atoms with van der Waals surface area (Å²) in [6.45, 7) is 6.76. The zero-order valence-electron chi connectivity index (χ0n) is 12.3. The number of aryl methyl sites for hydroxylation is 1. The molecule has 0 unspecified atom stereocenters. The second kappa shape index (κ2) is 5.49. The molecule has 0 atom stereocenters. The van der Waals surface area contributed by atoms with Gasteiger partial charge in [0.2, 0.25) is 0 Å². The van der Waals surface area contributed by atoms with Crippen LogP contribution in [0.15, 0.2) is 36.7 Å². The van der Waals surface area contributed by atoms with Gasteiger partial charge in [0.25, 0.3) is 0 Å². The second-order valence-electron chi connectivity index (χ2n) is 5.48. The number of hydrogen-bond donors (Lipinski definition) is 1. The molecule has 0 saturated heterocycles. The maximum Gasteiger partial charge on any atom is 0.150 e. The van der Waals surface area contributed by atoms with Crippen molar-refractivity contribution in [2.75, 3.05) is 5.73 Å². The quantitative estimate of drug-likeness (QED) is 0.850. The van der Waals surface area contributed by atoms with E-state index in [1.807, 2.05) is 55.8 Å². The monoisotopic (exact) mass is 271 g/mol. The Morgan fingerprint density at radius 2 is 1.95 bits per heavy atom. The van der Waals surface area contributed by atoms with Crippen molar-refractivity contribution in [2.24, 2.45) is 0 Å². The number of rotatable bonds is 5. The molecule has 0 radical (unpaired) electrons. The molecule has 4 nitrogen and oxygen atoms in total. The van der Waals surface area contributed by atoms with Gasteiger partial charge in [0.1, 0.15) is 11.6 Å². The van der Waals surface area contributed by atoms with E-state index in [0.717, 1.165) is 17.9 Å². The summed E-state index contributed by atoms with van der Waals surface area (Å²) in [6.07, 6.45) is 3.99. The summed E-state index contributed by atoms with van der Waals surface area (Å²) in [7, 11) is 0. The van der Waals surface area contributed by atoms with Crippen LogP contribution < -0.4 is 5.73 Å². The first kappa shape index (κ1) is 14.3. The van der Waals surface area contributed by atoms with Crippen LogP contribution in [0.5, 0.6) is 0 Å². The number of imidazole rings is 1. The zero-order chi connectivity index (χ0) is 14.8. The van der Waals surface area contributed by atoms with Gasteiger partial charge in [0.15, 0.2) is 0 Å². The van der Waals surface area contributed by atoms with Crippen LogP contribution >= 0.6 is 0 Å². The molecule has 1 aromatic heterocycles. The number of nitrogens with two attached hydrogens (primary N) is 1. The van der Waals surface area contributed by atoms with Gasteiger partial charge in [-0.25, -0.2) is 4.98 Å². The lowest BCUT2D eigenvalue weighted by molar-refractivity contribution is -0.123. The van der Waals surface area contributed by atoms with E-state index >= 15 is 0 Å². The molecule has 0 aliphatic rings. The molecule has 2 rings (SSSR count). The SMILES string of the molecule is CCn1ccnc1CC(=O)C(C)(C)c1ccc(N)cc1. The maximum absolute atomic E-state index is 12.6. The number of carbonyl (C=O) groups excluding carboxylic acids is 1. The highest BCUT2D eigenvalue weighted by atomic mass is 16.1. The summed E-state index contributed by atoms with van der Waals surface area (Å²) >= 11 is 0. The normalized spacial score (nSPS) is 11.6. The van der Waals surface area contributed by atoms with Crippen LogP contribution in [0.25, 0.3) is 0 Å². The third-order valence-electron chi connectivity index (χ3n) is 3.79. The van der Waals surface area contributed by atoms with Crippen molar-refractivity contribution in [1.29, 1.82) is 0 Å². The highest BCUT2D eigenvalue weighted by molar-refractivity contribution is 5.90. The van der Waals surface area contributed by atoms with E-state index in [2.05, 4.69) is 4.98 Å². The van der Waals surface area contributed by atoms with Crippen LogP contribution in [-0.4, -0.2) is 15.3 Å². The van der Waals surface area contributed by atoms with Crippen LogP contribution in [0.4, 0.5) is 5.69 Å². The number of Topliss-reactive ketones (excluding diaryl/α,β-unsaturated/α-hetero) is 1. The lowest BCUT2D eigenvalue weighted by Crippen LogP contribution is -2.31. The summed E-state index contributed by atoms with van der Waals surface area (Å²) in [4.78, 5) is 16.9. The third-order valence-corrected chi connectivity index (χ3v) is 3.79. The van der Waals surface area contributed by atoms with Crippen molar-refractivity contribution >= 4 is 11.5 Å². The minimum atomic E-state index is -0.543. The zero-order valence-corrected chi connectivity index (χ0v) is 12.3. The highest BCUT2D eigenvalue weighted by Gasteiger charge is 2.30. The summed E-state index contributed by atoms with van der Waals surface area (Å²) in [5, 5.41) is 0. The summed E-state index contributed by atoms with van der Waals surface area (Å²) in [6, 6.07) is 7.49. The second-order valence-corrected chi connectivity index (χ2v) is 5.48. The van der Waals surface area contributed by atoms with Gasteiger partial charge in [-0.1, -0.05) is 12.1 Å². The largest absolute Gasteiger partial charge is 0.399 e. The molecule has 1 aromatic carbocycles. The van der Waals surface area contributed by atoms with E-state index in [1.165, 1.54) is 0 Å². The predicted molar refractivity (Wildman–Crippen MR) is 80.5 cm³/mol. The number of carbonyl (C=O) groups is 1. The molecule has 0 spiro atoms. The summed E-state index contributed by atoms with van der Waals surface area (Å²) in [5.41, 5.74) is 6.84. The number of aromatic nitrogens is 2. The Kier molecular flexibility index (Phi) is 3.93. The number of benzene rings is 1. The minimum Gasteiger partial charge on any atom is -0.399 e. The fourth-order valence-corrected chi connectivity index (χ4v) is 2.22. The molecule has 106 valence electrons. The van der Waals surface area contributed by atoms with Crippen LogP contribution in [0.1, 0.15) is 32.2 Å². The van der Waals surface area contributed by atoms with Crippen molar-refractivity contribution in [3.05, 3.63) is 48.0 Å². The van der Waals surface area contributed by atoms with Crippen LogP contribution in [0, 0.1) is 0 Å². The molecule has 0 amide bonds. The molecule has 0 bridgehead atoms. The average molecular weight is 271 g/mol. The van der Waals surface area contributed by atoms with E-state index in [4.69, 9.17) is 5.73 Å². The standard InChI is InChI=1S/C16H21N3O/c1-4-19-10-9-18-15(19)11-14(20)16(2,3)12-5-7-13(17)8-6-12/h5-10H,4,11,17H2,1-3H3. The Bertz CT molecular complexity index is 596. The van der Waals surface area contributed by atoms with Gasteiger partial charge >= 0.3 is 0 Å². The molecule has 0 saturated carbocycles. The van der Waals surface area contributed by atoms with Crippen molar-refractivity contribution in [1.82, 2.24) is 9.55 Å². The van der Waals surface area contributed by atoms with Crippen molar-refractivity contribution < 1.29 is 4.79 Å². The first-order valence-corrected chi connectivity index (χ1v) is 6.84. The van der Waals surface area contributed by atoms with Crippen LogP contribution in [0.3, 0.4) is 0 Å². The fourth-order valence-electron chi connectivity index (χ4n) is 2.22. The molecule has 0 fully saturated rings. The van der Waals surface area contributed by atoms with Crippen LogP contribution in [0.2, 0.25) is 0 Å². The van der Waals surface area contributed by atoms with E-state index in [-0.39, 0.29) is 5.78 Å². The first-order chi connectivity index (χ1) is 9.45. The lowest BCUT2D eigenvalue weighted by Gasteiger charge is -2.24. The molecule has 2 aromatic rings. The maximum atomic E-state index is 12.6. The van der Waals surface area contributed by atoms with E-state index < -0.39 is 5.41 Å². The highest BCUT2D eigenvalue weighted by Crippen LogP contribution is 2.26. The molecule has 1 heterocycles. The number of ketones is 1. The Morgan fingerprint density at radius 3 is 2.55 bits per heavy atom. The van der Waals surface area contributed by atoms with E-state index in [1.54, 1.807) is 6.20 Å². The Balaban J connectivity index is 2.21. The van der Waals surface area contributed by atoms with Gasteiger partial charge in [-0.3, -0.25) is 4.79 Å². The Labute approximate surface area is 119 Å². The van der Waals surface area contributed by atoms with E-state index in [9.17, 15) is 4.79 Å². The minimum absolute atomic E-state index is 0.156. The molecular formula is C16H21N3O. The summed E-state index contributed by atoms with van der Waals surface area (Å²) in [5.74, 6) is 0.976. The molecule has 2 N–H and O–H groups in total. The van der Waals surface area contributed by atoms with Crippen molar-refractivity contribution in [3.8, 4) is 0 Å². The topological polar surface area (TPSA) is 60.9 Å². The molecule has 0 aliphatic carbocycles. The van der Waals surface area contributed by atoms with Gasteiger partial charge in [0.05, 0.1) is 6.42 Å². The predicted octanol–water partition coefficient (Wildman–Crippen LogP) is 2.57. The first-order valence-electron chi connectivity index (χ1n) is 6.84. The van der Waals surface area contributed by atoms with Gasteiger partial charge in [-0.05, 0) is 38.5 Å². The van der Waals surface area contributed by atoms with Crippen LogP contribution in [-0.2, 0) is 23.2 Å². The number of nitrogens with zero attached hydrogens (tertiary/aromatic N) is 2. The molecule has 0 aliphatic heterocycles. The number of anilines is 1. The lowest BCUT2D eigenvalue weighted by atomic mass is 9.79. The summed E-state index contributed by atoms with van der Waals surface area (Å²) < 4.78 is 2.00. The van der Waals surface area contributed by atoms with Gasteiger partial charge in [0, 0.05) is 30.0 Å². The van der Waals surface area contributed by atoms with Crippen molar-refractivity contribution in [2.45, 2.75) is 39.2 Å². The average Bonchev–Trinajstić information content (AvgIpc) is 2.86. The fraction of sp³-hybridized carbons (Fsp3) is 0.375. The Morgan fingerprint density at radius 1 is 1.30 bits per heavy atom. The van der Waals surface area contributed by atoms with Gasteiger partial charge in [-0.15, -0.1) is 0 Å². The van der Waals surface area contributed by atoms with Crippen molar-refractivity contribution in [3.63, 3.8) is 0 Å². The Hall–Kier alpha value is -2.10. The van der Waals surface area contributed by atoms with Gasteiger partial charge < -0.3 is 10.3 Å². The molecular weight excluding hydrogens is 250 g/mol. The molecule has 4 heteroatoms. The number of nitrogen functional groups attached to an aromatic ring is 1. The smallest absolute Gasteiger partial charge is 0.150 e. The number of hydrogen-bond acceptors (Lipinski definition) is 3.